The van der Waals surface area contributed by atoms with Crippen LogP contribution in [0.15, 0.2) is 18.2 Å². The molecule has 23 heavy (non-hydrogen) atoms. The van der Waals surface area contributed by atoms with Gasteiger partial charge in [0.15, 0.2) is 0 Å². The monoisotopic (exact) mass is 324 g/mol. The zero-order valence-electron chi connectivity index (χ0n) is 14.9. The summed E-state index contributed by atoms with van der Waals surface area (Å²) in [6.45, 7) is 9.01. The molecule has 1 aromatic carbocycles. The first-order valence-electron chi connectivity index (χ1n) is 7.66. The average Bonchev–Trinajstić information content (AvgIpc) is 2.43. The van der Waals surface area contributed by atoms with Crippen LogP contribution in [0.3, 0.4) is 0 Å². The van der Waals surface area contributed by atoms with E-state index in [2.05, 4.69) is 17.6 Å². The van der Waals surface area contributed by atoms with Crippen molar-refractivity contribution < 1.29 is 19.0 Å². The van der Waals surface area contributed by atoms with Gasteiger partial charge in [0.05, 0.1) is 19.4 Å². The Balaban J connectivity index is 2.76. The van der Waals surface area contributed by atoms with E-state index in [9.17, 15) is 4.79 Å². The van der Waals surface area contributed by atoms with E-state index in [-0.39, 0.29) is 0 Å². The van der Waals surface area contributed by atoms with Gasteiger partial charge in [-0.25, -0.2) is 4.79 Å². The molecule has 1 atom stereocenters. The Labute approximate surface area is 138 Å². The summed E-state index contributed by atoms with van der Waals surface area (Å²) < 4.78 is 15.7. The molecular weight excluding hydrogens is 296 g/mol. The summed E-state index contributed by atoms with van der Waals surface area (Å²) in [7, 11) is 3.25. The molecule has 1 aromatic rings. The van der Waals surface area contributed by atoms with Crippen molar-refractivity contribution in [1.82, 2.24) is 0 Å². The summed E-state index contributed by atoms with van der Waals surface area (Å²) in [6.07, 6.45) is -0.513. The Kier molecular flexibility index (Phi) is 7.16. The molecule has 6 heteroatoms. The molecule has 0 saturated heterocycles. The maximum atomic E-state index is 11.9. The van der Waals surface area contributed by atoms with Crippen molar-refractivity contribution in [1.29, 1.82) is 0 Å². The fourth-order valence-corrected chi connectivity index (χ4v) is 1.96. The zero-order chi connectivity index (χ0) is 17.5. The van der Waals surface area contributed by atoms with Gasteiger partial charge in [-0.1, -0.05) is 6.92 Å². The van der Waals surface area contributed by atoms with Crippen LogP contribution in [-0.4, -0.2) is 39.1 Å². The van der Waals surface area contributed by atoms with Gasteiger partial charge < -0.3 is 19.5 Å². The lowest BCUT2D eigenvalue weighted by Crippen LogP contribution is -2.27. The van der Waals surface area contributed by atoms with Crippen LogP contribution in [0.1, 0.15) is 27.7 Å². The van der Waals surface area contributed by atoms with E-state index in [0.29, 0.717) is 24.0 Å². The summed E-state index contributed by atoms with van der Waals surface area (Å²) in [6, 6.07) is 5.52. The van der Waals surface area contributed by atoms with Crippen LogP contribution in [0.5, 0.6) is 5.75 Å². The normalized spacial score (nSPS) is 12.4. The first-order chi connectivity index (χ1) is 10.7. The third-order valence-electron chi connectivity index (χ3n) is 2.94. The van der Waals surface area contributed by atoms with Gasteiger partial charge in [-0.05, 0) is 44.9 Å². The van der Waals surface area contributed by atoms with Gasteiger partial charge in [-0.15, -0.1) is 0 Å². The van der Waals surface area contributed by atoms with Crippen LogP contribution in [0.4, 0.5) is 16.2 Å². The molecule has 1 amide bonds. The zero-order valence-corrected chi connectivity index (χ0v) is 14.9. The fourth-order valence-electron chi connectivity index (χ4n) is 1.96. The molecule has 0 aliphatic carbocycles. The van der Waals surface area contributed by atoms with Crippen molar-refractivity contribution >= 4 is 17.5 Å². The fraction of sp³-hybridized carbons (Fsp3) is 0.588. The Morgan fingerprint density at radius 2 is 1.96 bits per heavy atom. The van der Waals surface area contributed by atoms with Crippen LogP contribution in [-0.2, 0) is 9.47 Å². The van der Waals surface area contributed by atoms with Crippen molar-refractivity contribution in [2.24, 2.45) is 5.92 Å². The molecule has 0 aliphatic rings. The van der Waals surface area contributed by atoms with E-state index >= 15 is 0 Å². The molecule has 1 rings (SSSR count). The minimum absolute atomic E-state index is 0.379. The summed E-state index contributed by atoms with van der Waals surface area (Å²) >= 11 is 0. The second kappa shape index (κ2) is 8.62. The van der Waals surface area contributed by atoms with E-state index in [4.69, 9.17) is 14.2 Å². The molecule has 2 N–H and O–H groups in total. The van der Waals surface area contributed by atoms with E-state index in [1.165, 1.54) is 0 Å². The van der Waals surface area contributed by atoms with Gasteiger partial charge >= 0.3 is 6.09 Å². The maximum absolute atomic E-state index is 11.9. The van der Waals surface area contributed by atoms with E-state index in [1.54, 1.807) is 20.3 Å². The van der Waals surface area contributed by atoms with Gasteiger partial charge in [-0.3, -0.25) is 5.32 Å². The van der Waals surface area contributed by atoms with Gasteiger partial charge in [0.25, 0.3) is 0 Å². The lowest BCUT2D eigenvalue weighted by atomic mass is 10.2. The first-order valence-corrected chi connectivity index (χ1v) is 7.66. The molecule has 1 unspecified atom stereocenters. The second-order valence-electron chi connectivity index (χ2n) is 6.48. The first kappa shape index (κ1) is 19.1. The molecule has 0 fully saturated rings. The highest BCUT2D eigenvalue weighted by Crippen LogP contribution is 2.28. The lowest BCUT2D eigenvalue weighted by Gasteiger charge is -2.20. The van der Waals surface area contributed by atoms with Gasteiger partial charge in [-0.2, -0.15) is 0 Å². The SMILES string of the molecule is COCC(C)CNc1ccc(OC)c(NC(=O)OC(C)(C)C)c1. The average molecular weight is 324 g/mol. The molecular formula is C17H28N2O4. The van der Waals surface area contributed by atoms with Crippen LogP contribution in [0, 0.1) is 5.92 Å². The quantitative estimate of drug-likeness (QED) is 0.799. The summed E-state index contributed by atoms with van der Waals surface area (Å²) in [4.78, 5) is 11.9. The number of carbonyl (C=O) groups is 1. The highest BCUT2D eigenvalue weighted by molar-refractivity contribution is 5.88. The van der Waals surface area contributed by atoms with E-state index < -0.39 is 11.7 Å². The van der Waals surface area contributed by atoms with Gasteiger partial charge in [0.2, 0.25) is 0 Å². The van der Waals surface area contributed by atoms with Crippen molar-refractivity contribution in [3.8, 4) is 5.75 Å². The summed E-state index contributed by atoms with van der Waals surface area (Å²) in [5, 5.41) is 6.04. The van der Waals surface area contributed by atoms with E-state index in [1.807, 2.05) is 32.9 Å². The Morgan fingerprint density at radius 3 is 2.52 bits per heavy atom. The standard InChI is InChI=1S/C17H28N2O4/c1-12(11-21-5)10-18-13-7-8-15(22-6)14(9-13)19-16(20)23-17(2,3)4/h7-9,12,18H,10-11H2,1-6H3,(H,19,20). The number of carbonyl (C=O) groups excluding carboxylic acids is 1. The largest absolute Gasteiger partial charge is 0.495 e. The Hall–Kier alpha value is -1.95. The van der Waals surface area contributed by atoms with E-state index in [0.717, 1.165) is 12.2 Å². The van der Waals surface area contributed by atoms with Crippen molar-refractivity contribution in [3.05, 3.63) is 18.2 Å². The third-order valence-corrected chi connectivity index (χ3v) is 2.94. The second-order valence-corrected chi connectivity index (χ2v) is 6.48. The number of anilines is 2. The predicted octanol–water partition coefficient (Wildman–Crippen LogP) is 3.74. The number of ether oxygens (including phenoxy) is 3. The summed E-state index contributed by atoms with van der Waals surface area (Å²) in [5.74, 6) is 0.954. The number of hydrogen-bond donors (Lipinski definition) is 2. The maximum Gasteiger partial charge on any atom is 0.412 e. The molecule has 130 valence electrons. The molecule has 0 bridgehead atoms. The smallest absolute Gasteiger partial charge is 0.412 e. The van der Waals surface area contributed by atoms with Crippen LogP contribution in [0.2, 0.25) is 0 Å². The molecule has 0 aliphatic heterocycles. The van der Waals surface area contributed by atoms with Crippen LogP contribution >= 0.6 is 0 Å². The molecule has 0 saturated carbocycles. The molecule has 0 aromatic heterocycles. The minimum Gasteiger partial charge on any atom is -0.495 e. The molecule has 0 radical (unpaired) electrons. The van der Waals surface area contributed by atoms with Crippen molar-refractivity contribution in [2.75, 3.05) is 38.0 Å². The van der Waals surface area contributed by atoms with Crippen molar-refractivity contribution in [2.45, 2.75) is 33.3 Å². The number of methoxy groups -OCH3 is 2. The van der Waals surface area contributed by atoms with Gasteiger partial charge in [0.1, 0.15) is 11.4 Å². The molecule has 0 heterocycles. The number of amides is 1. The van der Waals surface area contributed by atoms with Crippen LogP contribution < -0.4 is 15.4 Å². The predicted molar refractivity (Wildman–Crippen MR) is 92.4 cm³/mol. The van der Waals surface area contributed by atoms with Crippen LogP contribution in [0.25, 0.3) is 0 Å². The van der Waals surface area contributed by atoms with Gasteiger partial charge in [0, 0.05) is 19.3 Å². The lowest BCUT2D eigenvalue weighted by molar-refractivity contribution is 0.0635. The number of benzene rings is 1. The Morgan fingerprint density at radius 1 is 1.26 bits per heavy atom. The Bertz CT molecular complexity index is 512. The summed E-state index contributed by atoms with van der Waals surface area (Å²) in [5.41, 5.74) is 0.897. The topological polar surface area (TPSA) is 68.8 Å². The number of hydrogen-bond acceptors (Lipinski definition) is 5. The third kappa shape index (κ3) is 7.23. The minimum atomic E-state index is -0.553. The van der Waals surface area contributed by atoms with Crippen molar-refractivity contribution in [3.63, 3.8) is 0 Å². The molecule has 6 nitrogen and oxygen atoms in total. The molecule has 0 spiro atoms. The highest BCUT2D eigenvalue weighted by atomic mass is 16.6. The number of nitrogens with one attached hydrogen (secondary N) is 2. The highest BCUT2D eigenvalue weighted by Gasteiger charge is 2.17. The number of rotatable bonds is 7.